The molecule has 20 heavy (non-hydrogen) atoms. The number of thiazole rings is 1. The molecule has 0 saturated heterocycles. The van der Waals surface area contributed by atoms with Crippen molar-refractivity contribution in [3.05, 3.63) is 45.7 Å². The number of aromatic nitrogens is 1. The average Bonchev–Trinajstić information content (AvgIpc) is 2.80. The summed E-state index contributed by atoms with van der Waals surface area (Å²) in [6.07, 6.45) is 2.13. The molecule has 0 spiro atoms. The zero-order valence-corrected chi connectivity index (χ0v) is 13.4. The summed E-state index contributed by atoms with van der Waals surface area (Å²) in [6.45, 7) is 3.04. The third-order valence-electron chi connectivity index (χ3n) is 2.81. The minimum Gasteiger partial charge on any atom is -0.315 e. The molecule has 0 fully saturated rings. The first-order valence-electron chi connectivity index (χ1n) is 6.73. The Hall–Kier alpha value is -0.910. The molecule has 108 valence electrons. The Morgan fingerprint density at radius 3 is 2.95 bits per heavy atom. The second-order valence-corrected chi connectivity index (χ2v) is 6.72. The summed E-state index contributed by atoms with van der Waals surface area (Å²) >= 11 is 3.39. The predicted octanol–water partition coefficient (Wildman–Crippen LogP) is 4.25. The van der Waals surface area contributed by atoms with Crippen LogP contribution < -0.4 is 5.32 Å². The summed E-state index contributed by atoms with van der Waals surface area (Å²) in [7, 11) is 1.95. The van der Waals surface area contributed by atoms with Gasteiger partial charge in [-0.2, -0.15) is 0 Å². The molecule has 1 aromatic carbocycles. The van der Waals surface area contributed by atoms with E-state index in [9.17, 15) is 4.39 Å². The van der Waals surface area contributed by atoms with Crippen LogP contribution in [0.4, 0.5) is 4.39 Å². The number of nitrogens with zero attached hydrogens (tertiary/aromatic N) is 1. The van der Waals surface area contributed by atoms with Crippen molar-refractivity contribution in [1.29, 1.82) is 0 Å². The van der Waals surface area contributed by atoms with E-state index in [1.54, 1.807) is 35.2 Å². The fourth-order valence-electron chi connectivity index (χ4n) is 1.93. The highest BCUT2D eigenvalue weighted by molar-refractivity contribution is 7.98. The Bertz CT molecular complexity index is 531. The van der Waals surface area contributed by atoms with Gasteiger partial charge in [-0.3, -0.25) is 0 Å². The van der Waals surface area contributed by atoms with Gasteiger partial charge in [0.1, 0.15) is 10.8 Å². The first-order chi connectivity index (χ1) is 9.72. The molecule has 0 aliphatic carbocycles. The third-order valence-corrected chi connectivity index (χ3v) is 5.09. The second kappa shape index (κ2) is 7.76. The summed E-state index contributed by atoms with van der Waals surface area (Å²) in [5, 5.41) is 4.31. The Morgan fingerprint density at radius 2 is 2.25 bits per heavy atom. The summed E-state index contributed by atoms with van der Waals surface area (Å²) < 4.78 is 13.1. The second-order valence-electron chi connectivity index (χ2n) is 4.50. The largest absolute Gasteiger partial charge is 0.315 e. The molecular weight excluding hydrogens is 291 g/mol. The molecule has 0 amide bonds. The van der Waals surface area contributed by atoms with Crippen molar-refractivity contribution in [2.75, 3.05) is 7.05 Å². The smallest absolute Gasteiger partial charge is 0.124 e. The van der Waals surface area contributed by atoms with Crippen LogP contribution in [-0.4, -0.2) is 12.0 Å². The summed E-state index contributed by atoms with van der Waals surface area (Å²) in [6, 6.07) is 6.72. The number of aryl methyl sites for hydroxylation is 1. The van der Waals surface area contributed by atoms with E-state index >= 15 is 0 Å². The molecule has 5 heteroatoms. The lowest BCUT2D eigenvalue weighted by molar-refractivity contribution is 0.624. The van der Waals surface area contributed by atoms with Gasteiger partial charge < -0.3 is 5.32 Å². The lowest BCUT2D eigenvalue weighted by Gasteiger charge is -1.98. The van der Waals surface area contributed by atoms with Crippen LogP contribution in [0.1, 0.15) is 28.9 Å². The number of halogens is 1. The molecule has 0 radical (unpaired) electrons. The van der Waals surface area contributed by atoms with E-state index in [4.69, 9.17) is 4.98 Å². The van der Waals surface area contributed by atoms with Gasteiger partial charge in [0.15, 0.2) is 0 Å². The minimum absolute atomic E-state index is 0.184. The van der Waals surface area contributed by atoms with E-state index in [-0.39, 0.29) is 5.82 Å². The Labute approximate surface area is 127 Å². The van der Waals surface area contributed by atoms with Gasteiger partial charge in [-0.1, -0.05) is 19.4 Å². The summed E-state index contributed by atoms with van der Waals surface area (Å²) in [4.78, 5) is 6.99. The van der Waals surface area contributed by atoms with Gasteiger partial charge in [-0.15, -0.1) is 23.1 Å². The zero-order chi connectivity index (χ0) is 14.4. The fraction of sp³-hybridized carbons (Fsp3) is 0.400. The molecule has 0 aliphatic heterocycles. The van der Waals surface area contributed by atoms with E-state index in [1.807, 2.05) is 13.1 Å². The molecule has 0 aliphatic rings. The molecule has 0 atom stereocenters. The Balaban J connectivity index is 2.03. The van der Waals surface area contributed by atoms with Crippen molar-refractivity contribution in [2.24, 2.45) is 0 Å². The van der Waals surface area contributed by atoms with Crippen LogP contribution in [0.5, 0.6) is 0 Å². The number of thioether (sulfide) groups is 1. The van der Waals surface area contributed by atoms with Gasteiger partial charge in [-0.05, 0) is 31.7 Å². The fourth-order valence-corrected chi connectivity index (χ4v) is 3.99. The van der Waals surface area contributed by atoms with E-state index in [2.05, 4.69) is 12.2 Å². The van der Waals surface area contributed by atoms with Gasteiger partial charge in [0.25, 0.3) is 0 Å². The van der Waals surface area contributed by atoms with E-state index in [0.29, 0.717) is 0 Å². The zero-order valence-electron chi connectivity index (χ0n) is 11.8. The topological polar surface area (TPSA) is 24.9 Å². The minimum atomic E-state index is -0.184. The van der Waals surface area contributed by atoms with Gasteiger partial charge in [0.05, 0.1) is 11.4 Å². The first kappa shape index (κ1) is 15.5. The van der Waals surface area contributed by atoms with E-state index in [1.165, 1.54) is 16.6 Å². The van der Waals surface area contributed by atoms with Crippen molar-refractivity contribution in [1.82, 2.24) is 10.3 Å². The van der Waals surface area contributed by atoms with Crippen molar-refractivity contribution in [3.8, 4) is 0 Å². The maximum Gasteiger partial charge on any atom is 0.124 e. The maximum atomic E-state index is 13.1. The van der Waals surface area contributed by atoms with Crippen LogP contribution in [0.3, 0.4) is 0 Å². The van der Waals surface area contributed by atoms with Gasteiger partial charge in [-0.25, -0.2) is 9.37 Å². The van der Waals surface area contributed by atoms with E-state index in [0.717, 1.165) is 35.0 Å². The highest BCUT2D eigenvalue weighted by Crippen LogP contribution is 2.28. The molecular formula is C15H19FN2S2. The van der Waals surface area contributed by atoms with Gasteiger partial charge in [0.2, 0.25) is 0 Å². The van der Waals surface area contributed by atoms with Crippen LogP contribution in [0.15, 0.2) is 29.2 Å². The molecule has 0 saturated carbocycles. The lowest BCUT2D eigenvalue weighted by Crippen LogP contribution is -2.05. The molecule has 2 aromatic rings. The monoisotopic (exact) mass is 310 g/mol. The van der Waals surface area contributed by atoms with Crippen LogP contribution in [0.25, 0.3) is 0 Å². The highest BCUT2D eigenvalue weighted by atomic mass is 32.2. The molecule has 1 heterocycles. The maximum absolute atomic E-state index is 13.1. The van der Waals surface area contributed by atoms with Crippen LogP contribution in [0.2, 0.25) is 0 Å². The first-order valence-corrected chi connectivity index (χ1v) is 8.53. The predicted molar refractivity (Wildman–Crippen MR) is 84.8 cm³/mol. The lowest BCUT2D eigenvalue weighted by atomic mass is 10.2. The summed E-state index contributed by atoms with van der Waals surface area (Å²) in [5.41, 5.74) is 1.21. The summed E-state index contributed by atoms with van der Waals surface area (Å²) in [5.74, 6) is 0.617. The number of nitrogens with one attached hydrogen (secondary N) is 1. The van der Waals surface area contributed by atoms with Crippen molar-refractivity contribution in [2.45, 2.75) is 37.0 Å². The van der Waals surface area contributed by atoms with Crippen molar-refractivity contribution >= 4 is 23.1 Å². The third kappa shape index (κ3) is 4.30. The van der Waals surface area contributed by atoms with Crippen LogP contribution in [-0.2, 0) is 18.7 Å². The molecule has 2 rings (SSSR count). The van der Waals surface area contributed by atoms with Crippen molar-refractivity contribution < 1.29 is 4.39 Å². The standard InChI is InChI=1S/C15H19FN2S2/c1-3-5-13-14(9-17-2)20-15(18-13)10-19-12-7-4-6-11(16)8-12/h4,6-8,17H,3,5,9-10H2,1-2H3. The highest BCUT2D eigenvalue weighted by Gasteiger charge is 2.10. The van der Waals surface area contributed by atoms with Crippen molar-refractivity contribution in [3.63, 3.8) is 0 Å². The SMILES string of the molecule is CCCc1nc(CSc2cccc(F)c2)sc1CNC. The number of benzene rings is 1. The number of rotatable bonds is 7. The quantitative estimate of drug-likeness (QED) is 0.774. The number of hydrogen-bond donors (Lipinski definition) is 1. The molecule has 0 bridgehead atoms. The molecule has 2 nitrogen and oxygen atoms in total. The molecule has 1 aromatic heterocycles. The molecule has 1 N–H and O–H groups in total. The Kier molecular flexibility index (Phi) is 6.01. The average molecular weight is 310 g/mol. The van der Waals surface area contributed by atoms with Gasteiger partial charge >= 0.3 is 0 Å². The van der Waals surface area contributed by atoms with Gasteiger partial charge in [0, 0.05) is 16.3 Å². The van der Waals surface area contributed by atoms with Crippen LogP contribution >= 0.6 is 23.1 Å². The normalized spacial score (nSPS) is 10.9. The molecule has 0 unspecified atom stereocenters. The van der Waals surface area contributed by atoms with E-state index < -0.39 is 0 Å². The number of hydrogen-bond acceptors (Lipinski definition) is 4. The Morgan fingerprint density at radius 1 is 1.40 bits per heavy atom. The van der Waals surface area contributed by atoms with Crippen LogP contribution in [0, 0.1) is 5.82 Å².